The van der Waals surface area contributed by atoms with Gasteiger partial charge in [-0.3, -0.25) is 0 Å². The number of hydrogen-bond donors (Lipinski definition) is 1. The van der Waals surface area contributed by atoms with Crippen molar-refractivity contribution in [1.82, 2.24) is 5.32 Å². The number of nitrogens with one attached hydrogen (secondary N) is 1. The van der Waals surface area contributed by atoms with Gasteiger partial charge in [0.05, 0.1) is 12.7 Å². The summed E-state index contributed by atoms with van der Waals surface area (Å²) in [6, 6.07) is 0. The van der Waals surface area contributed by atoms with Crippen LogP contribution in [0.2, 0.25) is 0 Å². The van der Waals surface area contributed by atoms with Gasteiger partial charge in [0.2, 0.25) is 0 Å². The minimum Gasteiger partial charge on any atom is -0.373 e. The van der Waals surface area contributed by atoms with E-state index in [9.17, 15) is 0 Å². The molecule has 0 radical (unpaired) electrons. The zero-order valence-electron chi connectivity index (χ0n) is 7.18. The van der Waals surface area contributed by atoms with Crippen molar-refractivity contribution in [2.45, 2.75) is 25.4 Å². The molecule has 1 aliphatic carbocycles. The van der Waals surface area contributed by atoms with E-state index in [1.807, 2.05) is 7.05 Å². The highest BCUT2D eigenvalue weighted by molar-refractivity contribution is 4.93. The van der Waals surface area contributed by atoms with E-state index in [0.717, 1.165) is 13.2 Å². The van der Waals surface area contributed by atoms with Crippen molar-refractivity contribution < 1.29 is 4.74 Å². The summed E-state index contributed by atoms with van der Waals surface area (Å²) in [6.07, 6.45) is 8.48. The van der Waals surface area contributed by atoms with Crippen molar-refractivity contribution >= 4 is 0 Å². The average molecular weight is 155 g/mol. The van der Waals surface area contributed by atoms with Gasteiger partial charge in [0.1, 0.15) is 0 Å². The van der Waals surface area contributed by atoms with Crippen molar-refractivity contribution in [3.63, 3.8) is 0 Å². The van der Waals surface area contributed by atoms with E-state index in [1.54, 1.807) is 0 Å². The van der Waals surface area contributed by atoms with Crippen LogP contribution < -0.4 is 5.32 Å². The molecule has 0 fully saturated rings. The summed E-state index contributed by atoms with van der Waals surface area (Å²) in [4.78, 5) is 0. The van der Waals surface area contributed by atoms with Crippen molar-refractivity contribution in [3.8, 4) is 0 Å². The highest BCUT2D eigenvalue weighted by atomic mass is 16.5. The first-order chi connectivity index (χ1) is 5.43. The lowest BCUT2D eigenvalue weighted by Crippen LogP contribution is -2.20. The predicted molar refractivity (Wildman–Crippen MR) is 46.7 cm³/mol. The highest BCUT2D eigenvalue weighted by Gasteiger charge is 2.06. The van der Waals surface area contributed by atoms with Crippen LogP contribution in [0.1, 0.15) is 19.3 Å². The van der Waals surface area contributed by atoms with Crippen molar-refractivity contribution in [2.75, 3.05) is 20.2 Å². The molecule has 0 amide bonds. The summed E-state index contributed by atoms with van der Waals surface area (Å²) in [5, 5.41) is 3.06. The second kappa shape index (κ2) is 5.33. The molecule has 0 saturated carbocycles. The fourth-order valence-electron chi connectivity index (χ4n) is 1.23. The molecule has 11 heavy (non-hydrogen) atoms. The third-order valence-electron chi connectivity index (χ3n) is 1.89. The third kappa shape index (κ3) is 3.54. The molecule has 0 aromatic heterocycles. The van der Waals surface area contributed by atoms with Crippen molar-refractivity contribution in [3.05, 3.63) is 12.2 Å². The number of hydrogen-bond acceptors (Lipinski definition) is 2. The van der Waals surface area contributed by atoms with E-state index < -0.39 is 0 Å². The number of allylic oxidation sites excluding steroid dienone is 1. The molecule has 0 aromatic rings. The number of rotatable bonds is 4. The molecule has 2 nitrogen and oxygen atoms in total. The van der Waals surface area contributed by atoms with E-state index in [2.05, 4.69) is 17.5 Å². The van der Waals surface area contributed by atoms with E-state index in [4.69, 9.17) is 4.74 Å². The first-order valence-electron chi connectivity index (χ1n) is 4.36. The first-order valence-corrected chi connectivity index (χ1v) is 4.36. The molecule has 0 spiro atoms. The SMILES string of the molecule is CNCCOC1C=CCCC1. The topological polar surface area (TPSA) is 21.3 Å². The maximum absolute atomic E-state index is 5.57. The van der Waals surface area contributed by atoms with Gasteiger partial charge in [-0.1, -0.05) is 12.2 Å². The van der Waals surface area contributed by atoms with Crippen LogP contribution in [-0.4, -0.2) is 26.3 Å². The number of ether oxygens (including phenoxy) is 1. The number of likely N-dealkylation sites (N-methyl/N-ethyl adjacent to an activating group) is 1. The first kappa shape index (κ1) is 8.75. The molecule has 2 heteroatoms. The summed E-state index contributed by atoms with van der Waals surface area (Å²) in [6.45, 7) is 1.77. The molecule has 1 unspecified atom stereocenters. The third-order valence-corrected chi connectivity index (χ3v) is 1.89. The molecule has 0 aliphatic heterocycles. The normalized spacial score (nSPS) is 23.9. The minimum absolute atomic E-state index is 0.386. The standard InChI is InChI=1S/C9H17NO/c1-10-7-8-11-9-5-3-2-4-6-9/h3,5,9-10H,2,4,6-8H2,1H3. The van der Waals surface area contributed by atoms with Crippen LogP contribution in [0.4, 0.5) is 0 Å². The monoisotopic (exact) mass is 155 g/mol. The zero-order valence-corrected chi connectivity index (χ0v) is 7.18. The summed E-state index contributed by atoms with van der Waals surface area (Å²) < 4.78 is 5.57. The van der Waals surface area contributed by atoms with E-state index in [1.165, 1.54) is 19.3 Å². The van der Waals surface area contributed by atoms with Gasteiger partial charge in [-0.2, -0.15) is 0 Å². The van der Waals surface area contributed by atoms with Gasteiger partial charge in [0, 0.05) is 6.54 Å². The van der Waals surface area contributed by atoms with Gasteiger partial charge in [-0.25, -0.2) is 0 Å². The maximum Gasteiger partial charge on any atom is 0.0756 e. The Hall–Kier alpha value is -0.340. The van der Waals surface area contributed by atoms with Crippen LogP contribution in [0.3, 0.4) is 0 Å². The summed E-state index contributed by atoms with van der Waals surface area (Å²) >= 11 is 0. The highest BCUT2D eigenvalue weighted by Crippen LogP contribution is 2.12. The van der Waals surface area contributed by atoms with Crippen LogP contribution in [0, 0.1) is 0 Å². The van der Waals surface area contributed by atoms with E-state index >= 15 is 0 Å². The smallest absolute Gasteiger partial charge is 0.0756 e. The van der Waals surface area contributed by atoms with Crippen LogP contribution in [0.25, 0.3) is 0 Å². The lowest BCUT2D eigenvalue weighted by atomic mass is 10.1. The molecule has 1 N–H and O–H groups in total. The fraction of sp³-hybridized carbons (Fsp3) is 0.778. The van der Waals surface area contributed by atoms with E-state index in [0.29, 0.717) is 6.10 Å². The molecular formula is C9H17NO. The Kier molecular flexibility index (Phi) is 4.24. The van der Waals surface area contributed by atoms with Gasteiger partial charge in [0.15, 0.2) is 0 Å². The Morgan fingerprint density at radius 1 is 1.64 bits per heavy atom. The van der Waals surface area contributed by atoms with Gasteiger partial charge >= 0.3 is 0 Å². The van der Waals surface area contributed by atoms with Crippen LogP contribution in [0.5, 0.6) is 0 Å². The van der Waals surface area contributed by atoms with Crippen LogP contribution >= 0.6 is 0 Å². The second-order valence-corrected chi connectivity index (χ2v) is 2.87. The van der Waals surface area contributed by atoms with Crippen molar-refractivity contribution in [1.29, 1.82) is 0 Å². The Morgan fingerprint density at radius 2 is 2.55 bits per heavy atom. The zero-order chi connectivity index (χ0) is 7.94. The largest absolute Gasteiger partial charge is 0.373 e. The molecule has 1 atom stereocenters. The minimum atomic E-state index is 0.386. The lowest BCUT2D eigenvalue weighted by molar-refractivity contribution is 0.0782. The molecular weight excluding hydrogens is 138 g/mol. The Morgan fingerprint density at radius 3 is 3.18 bits per heavy atom. The Bertz CT molecular complexity index is 123. The average Bonchev–Trinajstić information content (AvgIpc) is 2.07. The van der Waals surface area contributed by atoms with Gasteiger partial charge in [0.25, 0.3) is 0 Å². The second-order valence-electron chi connectivity index (χ2n) is 2.87. The van der Waals surface area contributed by atoms with Gasteiger partial charge in [-0.05, 0) is 26.3 Å². The van der Waals surface area contributed by atoms with Crippen molar-refractivity contribution in [2.24, 2.45) is 0 Å². The summed E-state index contributed by atoms with van der Waals surface area (Å²) in [7, 11) is 1.94. The molecule has 0 saturated heterocycles. The summed E-state index contributed by atoms with van der Waals surface area (Å²) in [5.74, 6) is 0. The Labute approximate surface area is 68.6 Å². The lowest BCUT2D eigenvalue weighted by Gasteiger charge is -2.16. The summed E-state index contributed by atoms with van der Waals surface area (Å²) in [5.41, 5.74) is 0. The molecule has 1 rings (SSSR count). The predicted octanol–water partition coefficient (Wildman–Crippen LogP) is 1.33. The molecule has 0 bridgehead atoms. The van der Waals surface area contributed by atoms with Crippen LogP contribution in [0.15, 0.2) is 12.2 Å². The quantitative estimate of drug-likeness (QED) is 0.488. The van der Waals surface area contributed by atoms with Gasteiger partial charge < -0.3 is 10.1 Å². The van der Waals surface area contributed by atoms with E-state index in [-0.39, 0.29) is 0 Å². The Balaban J connectivity index is 2.05. The molecule has 1 aliphatic rings. The fourth-order valence-corrected chi connectivity index (χ4v) is 1.23. The molecule has 0 heterocycles. The molecule has 0 aromatic carbocycles. The maximum atomic E-state index is 5.57. The van der Waals surface area contributed by atoms with Gasteiger partial charge in [-0.15, -0.1) is 0 Å². The van der Waals surface area contributed by atoms with Crippen LogP contribution in [-0.2, 0) is 4.74 Å². The molecule has 64 valence electrons.